The molecular weight excluding hydrogens is 312 g/mol. The summed E-state index contributed by atoms with van der Waals surface area (Å²) in [5.74, 6) is 0.626. The van der Waals surface area contributed by atoms with Crippen molar-refractivity contribution in [1.82, 2.24) is 9.80 Å². The minimum absolute atomic E-state index is 0.0640. The highest BCUT2D eigenvalue weighted by Gasteiger charge is 2.31. The maximum absolute atomic E-state index is 12.8. The molecule has 1 atom stereocenters. The van der Waals surface area contributed by atoms with Gasteiger partial charge in [0, 0.05) is 24.6 Å². The van der Waals surface area contributed by atoms with E-state index in [1.165, 1.54) is 12.8 Å². The Kier molecular flexibility index (Phi) is 6.24. The van der Waals surface area contributed by atoms with Gasteiger partial charge in [-0.2, -0.15) is 0 Å². The van der Waals surface area contributed by atoms with Crippen LogP contribution in [0, 0.1) is 5.92 Å². The fraction of sp³-hybridized carbons (Fsp3) is 0.619. The van der Waals surface area contributed by atoms with Gasteiger partial charge in [-0.05, 0) is 45.7 Å². The first kappa shape index (κ1) is 18.1. The van der Waals surface area contributed by atoms with E-state index < -0.39 is 0 Å². The molecule has 2 fully saturated rings. The van der Waals surface area contributed by atoms with Gasteiger partial charge in [-0.15, -0.1) is 0 Å². The summed E-state index contributed by atoms with van der Waals surface area (Å²) >= 11 is 0. The smallest absolute Gasteiger partial charge is 0.239 e. The van der Waals surface area contributed by atoms with Gasteiger partial charge in [-0.3, -0.25) is 14.5 Å². The molecule has 0 aromatic heterocycles. The second-order valence-electron chi connectivity index (χ2n) is 7.46. The molecule has 0 bridgehead atoms. The number of benzene rings is 1. The van der Waals surface area contributed by atoms with E-state index in [1.807, 2.05) is 37.3 Å². The predicted molar refractivity (Wildman–Crippen MR) is 99.6 cm³/mol. The first-order valence-corrected chi connectivity index (χ1v) is 9.79. The largest absolute Gasteiger partial charge is 0.341 e. The molecule has 2 saturated heterocycles. The Morgan fingerprint density at radius 1 is 0.920 bits per heavy atom. The van der Waals surface area contributed by atoms with Crippen LogP contribution in [0.25, 0.3) is 0 Å². The third-order valence-corrected chi connectivity index (χ3v) is 5.78. The van der Waals surface area contributed by atoms with Gasteiger partial charge in [0.05, 0.1) is 6.04 Å². The van der Waals surface area contributed by atoms with E-state index in [2.05, 4.69) is 9.80 Å². The highest BCUT2D eigenvalue weighted by molar-refractivity contribution is 5.97. The van der Waals surface area contributed by atoms with Gasteiger partial charge >= 0.3 is 0 Å². The number of carbonyl (C=O) groups is 2. The third kappa shape index (κ3) is 4.49. The maximum atomic E-state index is 12.8. The molecule has 1 aromatic rings. The monoisotopic (exact) mass is 342 g/mol. The van der Waals surface area contributed by atoms with Crippen molar-refractivity contribution in [3.05, 3.63) is 35.9 Å². The fourth-order valence-corrected chi connectivity index (χ4v) is 4.10. The van der Waals surface area contributed by atoms with E-state index in [4.69, 9.17) is 0 Å². The SMILES string of the molecule is CC(C(=O)N1CCCCCC1)N1CCC(C(=O)c2ccccc2)CC1. The van der Waals surface area contributed by atoms with Crippen LogP contribution in [0.2, 0.25) is 0 Å². The second-order valence-corrected chi connectivity index (χ2v) is 7.46. The third-order valence-electron chi connectivity index (χ3n) is 5.78. The molecule has 0 saturated carbocycles. The van der Waals surface area contributed by atoms with Crippen LogP contribution in [-0.2, 0) is 4.79 Å². The van der Waals surface area contributed by atoms with E-state index >= 15 is 0 Å². The standard InChI is InChI=1S/C21H30N2O2/c1-17(21(25)23-13-7-2-3-8-14-23)22-15-11-19(12-16-22)20(24)18-9-5-4-6-10-18/h4-6,9-10,17,19H,2-3,7-8,11-16H2,1H3. The zero-order valence-electron chi connectivity index (χ0n) is 15.3. The minimum Gasteiger partial charge on any atom is -0.341 e. The number of hydrogen-bond donors (Lipinski definition) is 0. The first-order valence-electron chi connectivity index (χ1n) is 9.79. The number of hydrogen-bond acceptors (Lipinski definition) is 3. The number of Topliss-reactive ketones (excluding diaryl/α,β-unsaturated/α-hetero) is 1. The number of likely N-dealkylation sites (tertiary alicyclic amines) is 2. The second kappa shape index (κ2) is 8.61. The van der Waals surface area contributed by atoms with Crippen molar-refractivity contribution in [3.8, 4) is 0 Å². The number of carbonyl (C=O) groups excluding carboxylic acids is 2. The van der Waals surface area contributed by atoms with Crippen LogP contribution < -0.4 is 0 Å². The summed E-state index contributed by atoms with van der Waals surface area (Å²) in [6.07, 6.45) is 6.45. The molecular formula is C21H30N2O2. The van der Waals surface area contributed by atoms with Crippen molar-refractivity contribution in [2.75, 3.05) is 26.2 Å². The van der Waals surface area contributed by atoms with E-state index in [-0.39, 0.29) is 23.7 Å². The van der Waals surface area contributed by atoms with Gasteiger partial charge in [0.15, 0.2) is 5.78 Å². The molecule has 0 radical (unpaired) electrons. The molecule has 0 N–H and O–H groups in total. The normalized spacial score (nSPS) is 21.6. The summed E-state index contributed by atoms with van der Waals surface area (Å²) in [7, 11) is 0. The Morgan fingerprint density at radius 2 is 1.52 bits per heavy atom. The molecule has 1 unspecified atom stereocenters. The van der Waals surface area contributed by atoms with Gasteiger partial charge in [0.1, 0.15) is 0 Å². The first-order chi connectivity index (χ1) is 12.2. The van der Waals surface area contributed by atoms with Crippen LogP contribution in [-0.4, -0.2) is 53.7 Å². The van der Waals surface area contributed by atoms with Crippen LogP contribution in [0.15, 0.2) is 30.3 Å². The molecule has 4 heteroatoms. The highest BCUT2D eigenvalue weighted by Crippen LogP contribution is 2.24. The molecule has 2 aliphatic rings. The van der Waals surface area contributed by atoms with Crippen LogP contribution in [0.1, 0.15) is 55.8 Å². The zero-order valence-corrected chi connectivity index (χ0v) is 15.3. The van der Waals surface area contributed by atoms with Gasteiger partial charge in [-0.1, -0.05) is 43.2 Å². The number of amides is 1. The molecule has 25 heavy (non-hydrogen) atoms. The van der Waals surface area contributed by atoms with Gasteiger partial charge in [0.2, 0.25) is 5.91 Å². The topological polar surface area (TPSA) is 40.6 Å². The quantitative estimate of drug-likeness (QED) is 0.788. The average Bonchev–Trinajstić information content (AvgIpc) is 2.96. The Bertz CT molecular complexity index is 571. The molecule has 2 heterocycles. The van der Waals surface area contributed by atoms with Crippen LogP contribution in [0.3, 0.4) is 0 Å². The number of nitrogens with zero attached hydrogens (tertiary/aromatic N) is 2. The summed E-state index contributed by atoms with van der Waals surface area (Å²) in [6.45, 7) is 5.53. The molecule has 3 rings (SSSR count). The number of piperidine rings is 1. The summed E-state index contributed by atoms with van der Waals surface area (Å²) in [5, 5.41) is 0. The van der Waals surface area contributed by atoms with Crippen LogP contribution in [0.4, 0.5) is 0 Å². The summed E-state index contributed by atoms with van der Waals surface area (Å²) in [6, 6.07) is 9.52. The molecule has 0 aliphatic carbocycles. The maximum Gasteiger partial charge on any atom is 0.239 e. The van der Waals surface area contributed by atoms with Crippen molar-refractivity contribution >= 4 is 11.7 Å². The Labute approximate surface area is 151 Å². The van der Waals surface area contributed by atoms with Crippen molar-refractivity contribution in [2.45, 2.75) is 51.5 Å². The van der Waals surface area contributed by atoms with E-state index in [1.54, 1.807) is 0 Å². The molecule has 4 nitrogen and oxygen atoms in total. The highest BCUT2D eigenvalue weighted by atomic mass is 16.2. The Morgan fingerprint density at radius 3 is 2.12 bits per heavy atom. The fourth-order valence-electron chi connectivity index (χ4n) is 4.10. The molecule has 1 amide bonds. The lowest BCUT2D eigenvalue weighted by Crippen LogP contribution is -2.50. The summed E-state index contributed by atoms with van der Waals surface area (Å²) in [5.41, 5.74) is 0.814. The van der Waals surface area contributed by atoms with E-state index in [0.717, 1.165) is 57.4 Å². The van der Waals surface area contributed by atoms with Crippen LogP contribution >= 0.6 is 0 Å². The van der Waals surface area contributed by atoms with Gasteiger partial charge < -0.3 is 4.90 Å². The summed E-state index contributed by atoms with van der Waals surface area (Å²) < 4.78 is 0. The van der Waals surface area contributed by atoms with Crippen LogP contribution in [0.5, 0.6) is 0 Å². The Balaban J connectivity index is 1.52. The molecule has 0 spiro atoms. The average molecular weight is 342 g/mol. The van der Waals surface area contributed by atoms with Crippen molar-refractivity contribution in [3.63, 3.8) is 0 Å². The lowest BCUT2D eigenvalue weighted by atomic mass is 9.88. The van der Waals surface area contributed by atoms with Crippen molar-refractivity contribution in [2.24, 2.45) is 5.92 Å². The lowest BCUT2D eigenvalue weighted by molar-refractivity contribution is -0.136. The Hall–Kier alpha value is -1.68. The molecule has 2 aliphatic heterocycles. The molecule has 1 aromatic carbocycles. The van der Waals surface area contributed by atoms with E-state index in [0.29, 0.717) is 0 Å². The van der Waals surface area contributed by atoms with Crippen molar-refractivity contribution in [1.29, 1.82) is 0 Å². The number of ketones is 1. The summed E-state index contributed by atoms with van der Waals surface area (Å²) in [4.78, 5) is 29.7. The van der Waals surface area contributed by atoms with E-state index in [9.17, 15) is 9.59 Å². The minimum atomic E-state index is -0.0640. The zero-order chi connectivity index (χ0) is 17.6. The van der Waals surface area contributed by atoms with Crippen molar-refractivity contribution < 1.29 is 9.59 Å². The van der Waals surface area contributed by atoms with Gasteiger partial charge in [-0.25, -0.2) is 0 Å². The lowest BCUT2D eigenvalue weighted by Gasteiger charge is -2.37. The molecule has 136 valence electrons. The number of rotatable bonds is 4. The van der Waals surface area contributed by atoms with Gasteiger partial charge in [0.25, 0.3) is 0 Å². The predicted octanol–water partition coefficient (Wildman–Crippen LogP) is 3.37.